The first-order chi connectivity index (χ1) is 49.7. The molecular formula is C82H105BBrLiO21. The average Bonchev–Trinajstić information content (AvgIpc) is 1.37. The van der Waals surface area contributed by atoms with Gasteiger partial charge in [-0.3, -0.25) is 9.59 Å². The fraction of sp³-hybridized carbons (Fsp3) is 0.537. The third kappa shape index (κ3) is 20.4. The molecule has 570 valence electrons. The third-order valence-electron chi connectivity index (χ3n) is 21.9. The van der Waals surface area contributed by atoms with E-state index in [0.29, 0.717) is 75.3 Å². The number of fused-ring (bicyclic) bond motifs is 3. The van der Waals surface area contributed by atoms with E-state index in [0.717, 1.165) is 124 Å². The zero-order chi connectivity index (χ0) is 72.8. The molecule has 6 aromatic rings. The van der Waals surface area contributed by atoms with Crippen molar-refractivity contribution in [1.29, 1.82) is 0 Å². The minimum absolute atomic E-state index is 0. The summed E-state index contributed by atoms with van der Waals surface area (Å²) in [4.78, 5) is 23.8. The van der Waals surface area contributed by atoms with Crippen LogP contribution in [-0.2, 0) is 52.5 Å². The van der Waals surface area contributed by atoms with Crippen molar-refractivity contribution < 1.29 is 122 Å². The van der Waals surface area contributed by atoms with Crippen molar-refractivity contribution in [2.75, 3.05) is 46.2 Å². The minimum Gasteiger partial charge on any atom is -0.870 e. The molecule has 15 atom stereocenters. The van der Waals surface area contributed by atoms with Crippen LogP contribution < -0.4 is 47.3 Å². The molecule has 21 nitrogen and oxygen atoms in total. The summed E-state index contributed by atoms with van der Waals surface area (Å²) in [6, 6.07) is 37.3. The maximum atomic E-state index is 12.0. The molecule has 3 aliphatic carbocycles. The van der Waals surface area contributed by atoms with E-state index in [1.807, 2.05) is 48.5 Å². The van der Waals surface area contributed by atoms with E-state index in [-0.39, 0.29) is 96.0 Å². The number of rotatable bonds is 17. The SMILES string of the molecule is CC[C@H]1O[C@@H](c2ccc(Br)c(Cc3ccc4c(c3)OCCO4)c2)[C@H](OC(C)=O)[C@@H](C)[C@@H]1C.CC[C@H]1O[C@@H](c2ccc(C3CC3)c(Cc3ccc4c(c3)OCCO4)c2)[C@H](OC(C)=O)[C@@H](C)[C@@H]1C.O.OB(O)C1CC1.OC[C@H]1O[C@@H](c2ccc(C3CC3)c(Cc3ccc4c(c3)OCCO4)c2)[C@H](O)[C@@H](O)[C@@H]1O.[Li+].[OH-]. The predicted molar refractivity (Wildman–Crippen MR) is 397 cm³/mol. The van der Waals surface area contributed by atoms with E-state index in [2.05, 4.69) is 118 Å². The maximum absolute atomic E-state index is 12.0. The number of benzene rings is 6. The molecule has 24 heteroatoms. The molecule has 6 aliphatic heterocycles. The largest absolute Gasteiger partial charge is 1.00 e. The smallest absolute Gasteiger partial charge is 0.870 e. The second kappa shape index (κ2) is 37.9. The van der Waals surface area contributed by atoms with Crippen molar-refractivity contribution >= 4 is 35.0 Å². The van der Waals surface area contributed by atoms with Gasteiger partial charge in [0.25, 0.3) is 0 Å². The van der Waals surface area contributed by atoms with Crippen LogP contribution in [0.4, 0.5) is 0 Å². The topological polar surface area (TPSA) is 319 Å². The molecule has 15 rings (SSSR count). The van der Waals surface area contributed by atoms with Gasteiger partial charge in [0.1, 0.15) is 94.6 Å². The van der Waals surface area contributed by atoms with Gasteiger partial charge in [0.15, 0.2) is 34.5 Å². The molecular weight excluding hydrogens is 1420 g/mol. The molecule has 106 heavy (non-hydrogen) atoms. The number of aliphatic hydroxyl groups is 4. The van der Waals surface area contributed by atoms with Gasteiger partial charge in [-0.2, -0.15) is 0 Å². The Morgan fingerprint density at radius 3 is 1.17 bits per heavy atom. The summed E-state index contributed by atoms with van der Waals surface area (Å²) in [6.45, 7) is 19.0. The molecule has 0 unspecified atom stereocenters. The second-order valence-electron chi connectivity index (χ2n) is 29.4. The van der Waals surface area contributed by atoms with Crippen LogP contribution in [0.2, 0.25) is 5.82 Å². The van der Waals surface area contributed by atoms with Gasteiger partial charge in [-0.15, -0.1) is 0 Å². The standard InChI is InChI=1S/C29H36O5.C26H31BrO5.C24H28O7.C3H7BO2.Li.2H2O/c1-5-25-17(2)18(3)28(33-19(4)30)29(34-25)22-9-10-24(21-7-8-21)23(16-22)14-20-6-11-26-27(15-20)32-13-12-31-26;1-5-22-15(2)16(3)25(31-17(4)28)26(32-22)19-7-8-21(27)20(14-19)12-18-6-9-23-24(13-18)30-11-10-29-23;25-12-20-21(26)22(27)23(28)24(31-20)15-4-5-17(14-2-3-14)16(11-15)9-13-1-6-18-19(10-13)30-8-7-29-18;5-4(6)3-1-2-3;;;/h6,9-11,15-18,21,25,28-29H,5,7-8,12-14H2,1-4H3;6-9,13-16,22,25-26H,5,10-12H2,1-4H3;1,4-6,10-11,14,20-28H,2-3,7-9,12H2;3,5-6H,1-2H2;;2*1H2/q;;;;+1;;/p-1/t17-,18-,25+,28+,29-;15-,16-,22+,25+,26-;20-,21-,22+,23-,24+;;;;/m001..../s1. The van der Waals surface area contributed by atoms with Crippen LogP contribution in [0.15, 0.2) is 114 Å². The van der Waals surface area contributed by atoms with Gasteiger partial charge in [-0.05, 0) is 191 Å². The zero-order valence-electron chi connectivity index (χ0n) is 62.4. The van der Waals surface area contributed by atoms with E-state index < -0.39 is 44.2 Å². The van der Waals surface area contributed by atoms with Crippen LogP contribution in [0.1, 0.15) is 198 Å². The molecule has 6 heterocycles. The summed E-state index contributed by atoms with van der Waals surface area (Å²) >= 11 is 3.71. The molecule has 6 aromatic carbocycles. The number of hydrogen-bond donors (Lipinski definition) is 6. The second-order valence-corrected chi connectivity index (χ2v) is 30.2. The quantitative estimate of drug-likeness (QED) is 0.0366. The van der Waals surface area contributed by atoms with Crippen LogP contribution in [-0.4, -0.2) is 156 Å². The van der Waals surface area contributed by atoms with Gasteiger partial charge in [-0.1, -0.05) is 137 Å². The number of aliphatic hydroxyl groups excluding tert-OH is 4. The summed E-state index contributed by atoms with van der Waals surface area (Å²) in [6.07, 6.45) is 4.27. The van der Waals surface area contributed by atoms with Gasteiger partial charge in [-0.25, -0.2) is 0 Å². The Labute approximate surface area is 643 Å². The number of hydrogen-bond acceptors (Lipinski definition) is 20. The first kappa shape index (κ1) is 83.8. The Balaban J connectivity index is 0.000000174. The van der Waals surface area contributed by atoms with E-state index in [9.17, 15) is 30.0 Å². The molecule has 0 radical (unpaired) electrons. The summed E-state index contributed by atoms with van der Waals surface area (Å²) in [5, 5.41) is 56.8. The fourth-order valence-electron chi connectivity index (χ4n) is 15.2. The Kier molecular flexibility index (Phi) is 30.0. The Bertz CT molecular complexity index is 3890. The number of esters is 2. The molecule has 3 saturated carbocycles. The summed E-state index contributed by atoms with van der Waals surface area (Å²) < 4.78 is 65.8. The summed E-state index contributed by atoms with van der Waals surface area (Å²) in [5.41, 5.74) is 12.6. The molecule has 0 amide bonds. The van der Waals surface area contributed by atoms with Crippen molar-refractivity contribution in [3.05, 3.63) is 175 Å². The van der Waals surface area contributed by atoms with E-state index in [4.69, 9.17) is 62.2 Å². The van der Waals surface area contributed by atoms with Gasteiger partial charge in [0, 0.05) is 30.2 Å². The van der Waals surface area contributed by atoms with Crippen LogP contribution in [0.25, 0.3) is 0 Å². The average molecular weight is 1520 g/mol. The summed E-state index contributed by atoms with van der Waals surface area (Å²) in [7, 11) is -1.04. The van der Waals surface area contributed by atoms with Crippen LogP contribution in [0, 0.1) is 23.7 Å². The van der Waals surface area contributed by atoms with Crippen LogP contribution in [0.3, 0.4) is 0 Å². The van der Waals surface area contributed by atoms with Crippen molar-refractivity contribution in [3.8, 4) is 34.5 Å². The van der Waals surface area contributed by atoms with E-state index in [1.54, 1.807) is 0 Å². The molecule has 3 saturated heterocycles. The number of carbonyl (C=O) groups excluding carboxylic acids is 2. The van der Waals surface area contributed by atoms with Crippen molar-refractivity contribution in [3.63, 3.8) is 0 Å². The molecule has 0 bridgehead atoms. The molecule has 9 N–H and O–H groups in total. The van der Waals surface area contributed by atoms with Crippen molar-refractivity contribution in [2.45, 2.75) is 211 Å². The van der Waals surface area contributed by atoms with Crippen molar-refractivity contribution in [2.24, 2.45) is 23.7 Å². The van der Waals surface area contributed by atoms with Crippen molar-refractivity contribution in [1.82, 2.24) is 0 Å². The van der Waals surface area contributed by atoms with Crippen LogP contribution >= 0.6 is 15.9 Å². The van der Waals surface area contributed by atoms with E-state index in [1.165, 1.54) is 48.9 Å². The zero-order valence-corrected chi connectivity index (χ0v) is 64.0. The number of halogens is 1. The fourth-order valence-corrected chi connectivity index (χ4v) is 15.6. The van der Waals surface area contributed by atoms with E-state index >= 15 is 0 Å². The number of ether oxygens (including phenoxy) is 11. The van der Waals surface area contributed by atoms with Gasteiger partial charge < -0.3 is 93.5 Å². The third-order valence-corrected chi connectivity index (χ3v) is 22.7. The Hall–Kier alpha value is -6.24. The monoisotopic (exact) mass is 1520 g/mol. The molecule has 9 aliphatic rings. The number of carbonyl (C=O) groups is 2. The Morgan fingerprint density at radius 2 is 0.821 bits per heavy atom. The normalized spacial score (nSPS) is 27.3. The predicted octanol–water partition coefficient (Wildman–Crippen LogP) is 8.91. The molecule has 0 aromatic heterocycles. The maximum Gasteiger partial charge on any atom is 1.00 e. The van der Waals surface area contributed by atoms with Gasteiger partial charge >= 0.3 is 37.9 Å². The van der Waals surface area contributed by atoms with Gasteiger partial charge in [0.05, 0.1) is 18.8 Å². The Morgan fingerprint density at radius 1 is 0.462 bits per heavy atom. The molecule has 0 spiro atoms. The summed E-state index contributed by atoms with van der Waals surface area (Å²) in [5.74, 6) is 6.67. The van der Waals surface area contributed by atoms with Gasteiger partial charge in [0.2, 0.25) is 0 Å². The molecule has 6 fully saturated rings. The minimum atomic E-state index is -1.39. The first-order valence-electron chi connectivity index (χ1n) is 37.2. The first-order valence-corrected chi connectivity index (χ1v) is 38.0. The van der Waals surface area contributed by atoms with Crippen LogP contribution in [0.5, 0.6) is 34.5 Å².